The van der Waals surface area contributed by atoms with Gasteiger partial charge in [0.05, 0.1) is 11.1 Å². The summed E-state index contributed by atoms with van der Waals surface area (Å²) in [5.74, 6) is 1.91. The van der Waals surface area contributed by atoms with E-state index in [1.165, 1.54) is 31.2 Å². The molecule has 0 saturated heterocycles. The van der Waals surface area contributed by atoms with E-state index >= 15 is 0 Å². The summed E-state index contributed by atoms with van der Waals surface area (Å²) in [6.07, 6.45) is 6.88. The minimum absolute atomic E-state index is 0.0341. The third kappa shape index (κ3) is 3.67. The fraction of sp³-hybridized carbons (Fsp3) is 0.444. The van der Waals surface area contributed by atoms with E-state index in [4.69, 9.17) is 9.47 Å². The number of carbonyl (C=O) groups excluding carboxylic acids is 1. The molecule has 0 N–H and O–H groups in total. The number of carbonyl (C=O) groups is 1. The van der Waals surface area contributed by atoms with E-state index in [-0.39, 0.29) is 11.2 Å². The van der Waals surface area contributed by atoms with E-state index in [9.17, 15) is 4.79 Å². The maximum Gasteiger partial charge on any atom is 0.232 e. The third-order valence-electron chi connectivity index (χ3n) is 6.87. The van der Waals surface area contributed by atoms with Gasteiger partial charge < -0.3 is 9.47 Å². The van der Waals surface area contributed by atoms with Crippen molar-refractivity contribution in [1.82, 2.24) is 4.90 Å². The molecule has 0 atom stereocenters. The number of ether oxygens (including phenoxy) is 2. The summed E-state index contributed by atoms with van der Waals surface area (Å²) < 4.78 is 12.3. The van der Waals surface area contributed by atoms with Crippen LogP contribution in [0.2, 0.25) is 0 Å². The van der Waals surface area contributed by atoms with Crippen molar-refractivity contribution in [2.24, 2.45) is 0 Å². The second kappa shape index (κ2) is 7.52. The lowest BCUT2D eigenvalue weighted by atomic mass is 9.86. The van der Waals surface area contributed by atoms with Gasteiger partial charge in [-0.05, 0) is 54.0 Å². The monoisotopic (exact) mass is 417 g/mol. The molecule has 2 heterocycles. The molecule has 31 heavy (non-hydrogen) atoms. The van der Waals surface area contributed by atoms with E-state index in [1.807, 2.05) is 19.1 Å². The number of ketones is 1. The second-order valence-corrected chi connectivity index (χ2v) is 10.1. The first-order chi connectivity index (χ1) is 14.8. The number of rotatable bonds is 2. The minimum atomic E-state index is -0.0341. The highest BCUT2D eigenvalue weighted by Gasteiger charge is 2.37. The Kier molecular flexibility index (Phi) is 4.93. The molecule has 0 aromatic heterocycles. The van der Waals surface area contributed by atoms with E-state index in [0.29, 0.717) is 29.8 Å². The van der Waals surface area contributed by atoms with Crippen LogP contribution in [-0.4, -0.2) is 23.5 Å². The number of Topliss-reactive ketones (excluding diaryl/α,β-unsaturated/α-hetero) is 1. The average molecular weight is 418 g/mol. The third-order valence-corrected chi connectivity index (χ3v) is 6.87. The fourth-order valence-electron chi connectivity index (χ4n) is 4.98. The number of nitrogens with zero attached hydrogens (tertiary/aromatic N) is 1. The Balaban J connectivity index is 1.46. The molecular weight excluding hydrogens is 386 g/mol. The summed E-state index contributed by atoms with van der Waals surface area (Å²) in [6, 6.07) is 10.9. The number of hydrogen-bond donors (Lipinski definition) is 0. The zero-order valence-electron chi connectivity index (χ0n) is 19.0. The first-order valence-corrected chi connectivity index (χ1v) is 11.4. The summed E-state index contributed by atoms with van der Waals surface area (Å²) >= 11 is 0. The van der Waals surface area contributed by atoms with E-state index in [1.54, 1.807) is 0 Å². The van der Waals surface area contributed by atoms with Gasteiger partial charge in [-0.15, -0.1) is 0 Å². The molecular formula is C27H31NO3. The van der Waals surface area contributed by atoms with Gasteiger partial charge in [-0.2, -0.15) is 0 Å². The maximum absolute atomic E-state index is 13.2. The fourth-order valence-corrected chi connectivity index (χ4v) is 4.98. The van der Waals surface area contributed by atoms with Crippen LogP contribution in [0.25, 0.3) is 6.08 Å². The molecule has 0 unspecified atom stereocenters. The average Bonchev–Trinajstić information content (AvgIpc) is 3.37. The highest BCUT2D eigenvalue weighted by Crippen LogP contribution is 2.45. The molecule has 2 aromatic carbocycles. The Bertz CT molecular complexity index is 1050. The first kappa shape index (κ1) is 20.3. The van der Waals surface area contributed by atoms with Crippen molar-refractivity contribution in [1.29, 1.82) is 0 Å². The van der Waals surface area contributed by atoms with Crippen molar-refractivity contribution in [3.8, 4) is 11.5 Å². The van der Waals surface area contributed by atoms with Gasteiger partial charge in [-0.25, -0.2) is 0 Å². The molecule has 1 fully saturated rings. The van der Waals surface area contributed by atoms with Gasteiger partial charge in [0.1, 0.15) is 18.2 Å². The summed E-state index contributed by atoms with van der Waals surface area (Å²) in [4.78, 5) is 15.6. The highest BCUT2D eigenvalue weighted by molar-refractivity contribution is 6.15. The van der Waals surface area contributed by atoms with Gasteiger partial charge in [-0.3, -0.25) is 9.69 Å². The van der Waals surface area contributed by atoms with Crippen LogP contribution in [0.1, 0.15) is 79.1 Å². The van der Waals surface area contributed by atoms with Crippen LogP contribution in [0.3, 0.4) is 0 Å². The molecule has 0 spiro atoms. The number of hydrogen-bond acceptors (Lipinski definition) is 4. The maximum atomic E-state index is 13.2. The molecule has 2 aliphatic heterocycles. The predicted octanol–water partition coefficient (Wildman–Crippen LogP) is 6.00. The molecule has 5 rings (SSSR count). The Morgan fingerprint density at radius 1 is 1.10 bits per heavy atom. The quantitative estimate of drug-likeness (QED) is 0.562. The molecule has 4 heteroatoms. The molecule has 0 amide bonds. The highest BCUT2D eigenvalue weighted by atomic mass is 16.5. The summed E-state index contributed by atoms with van der Waals surface area (Å²) in [6.45, 7) is 9.96. The van der Waals surface area contributed by atoms with Crippen molar-refractivity contribution < 1.29 is 14.3 Å². The van der Waals surface area contributed by atoms with Crippen LogP contribution in [0.5, 0.6) is 11.5 Å². The van der Waals surface area contributed by atoms with Gasteiger partial charge in [0.25, 0.3) is 0 Å². The molecule has 1 saturated carbocycles. The molecule has 3 aliphatic rings. The summed E-state index contributed by atoms with van der Waals surface area (Å²) in [7, 11) is 0. The van der Waals surface area contributed by atoms with Crippen LogP contribution in [0, 0.1) is 6.92 Å². The lowest BCUT2D eigenvalue weighted by Crippen LogP contribution is -2.39. The van der Waals surface area contributed by atoms with Crippen molar-refractivity contribution in [3.63, 3.8) is 0 Å². The number of allylic oxidation sites excluding steroid dienone is 1. The van der Waals surface area contributed by atoms with Crippen LogP contribution in [0.4, 0.5) is 0 Å². The Labute approximate surface area is 184 Å². The molecule has 0 bridgehead atoms. The van der Waals surface area contributed by atoms with Crippen LogP contribution >= 0.6 is 0 Å². The topological polar surface area (TPSA) is 38.8 Å². The van der Waals surface area contributed by atoms with Gasteiger partial charge in [0.2, 0.25) is 5.78 Å². The summed E-state index contributed by atoms with van der Waals surface area (Å²) in [5, 5.41) is 0. The predicted molar refractivity (Wildman–Crippen MR) is 123 cm³/mol. The largest absolute Gasteiger partial charge is 0.478 e. The number of benzene rings is 2. The normalized spacial score (nSPS) is 20.5. The van der Waals surface area contributed by atoms with Crippen molar-refractivity contribution in [2.45, 2.75) is 71.4 Å². The number of aryl methyl sites for hydroxylation is 1. The zero-order chi connectivity index (χ0) is 21.8. The Morgan fingerprint density at radius 2 is 1.81 bits per heavy atom. The summed E-state index contributed by atoms with van der Waals surface area (Å²) in [5.41, 5.74) is 4.96. The van der Waals surface area contributed by atoms with Crippen LogP contribution < -0.4 is 9.47 Å². The lowest BCUT2D eigenvalue weighted by Gasteiger charge is -2.34. The van der Waals surface area contributed by atoms with Crippen molar-refractivity contribution >= 4 is 11.9 Å². The first-order valence-electron chi connectivity index (χ1n) is 11.4. The number of fused-ring (bicyclic) bond motifs is 3. The van der Waals surface area contributed by atoms with Crippen molar-refractivity contribution in [3.05, 3.63) is 63.9 Å². The Hall–Kier alpha value is -2.59. The van der Waals surface area contributed by atoms with Gasteiger partial charge in [0, 0.05) is 12.6 Å². The van der Waals surface area contributed by atoms with Gasteiger partial charge >= 0.3 is 0 Å². The van der Waals surface area contributed by atoms with E-state index in [2.05, 4.69) is 49.9 Å². The lowest BCUT2D eigenvalue weighted by molar-refractivity contribution is 0.0567. The van der Waals surface area contributed by atoms with Gasteiger partial charge in [0.15, 0.2) is 5.76 Å². The van der Waals surface area contributed by atoms with Gasteiger partial charge in [-0.1, -0.05) is 57.9 Å². The molecule has 0 radical (unpaired) electrons. The molecule has 4 nitrogen and oxygen atoms in total. The molecule has 162 valence electrons. The molecule has 1 aliphatic carbocycles. The van der Waals surface area contributed by atoms with E-state index < -0.39 is 0 Å². The van der Waals surface area contributed by atoms with Crippen LogP contribution in [0.15, 0.2) is 36.1 Å². The standard InChI is InChI=1S/C27H31NO3/c1-17-13-22-21(15-28(16-30-22)20-7-5-6-8-20)26-24(17)25(29)23(31-26)14-18-9-11-19(12-10-18)27(2,3)4/h9-14,20H,5-8,15-16H2,1-4H3/b23-14-. The molecule has 2 aromatic rings. The minimum Gasteiger partial charge on any atom is -0.478 e. The SMILES string of the molecule is Cc1cc2c(c3c1C(=O)/C(=C/c1ccc(C(C)(C)C)cc1)O3)CN(C1CCCC1)CO2. The van der Waals surface area contributed by atoms with Crippen LogP contribution in [-0.2, 0) is 12.0 Å². The zero-order valence-corrected chi connectivity index (χ0v) is 19.0. The second-order valence-electron chi connectivity index (χ2n) is 10.1. The smallest absolute Gasteiger partial charge is 0.232 e. The Morgan fingerprint density at radius 3 is 2.48 bits per heavy atom. The van der Waals surface area contributed by atoms with E-state index in [0.717, 1.165) is 29.0 Å². The van der Waals surface area contributed by atoms with Crippen molar-refractivity contribution in [2.75, 3.05) is 6.73 Å².